The van der Waals surface area contributed by atoms with Crippen molar-refractivity contribution in [2.24, 2.45) is 0 Å². The lowest BCUT2D eigenvalue weighted by atomic mass is 10.1. The predicted octanol–water partition coefficient (Wildman–Crippen LogP) is 1.30. The molecule has 0 radical (unpaired) electrons. The van der Waals surface area contributed by atoms with Gasteiger partial charge in [0.05, 0.1) is 6.33 Å². The van der Waals surface area contributed by atoms with Gasteiger partial charge in [-0.3, -0.25) is 0 Å². The Balaban J connectivity index is 2.28. The molecule has 0 aliphatic rings. The van der Waals surface area contributed by atoms with E-state index >= 15 is 0 Å². The zero-order chi connectivity index (χ0) is 9.52. The number of hydrogen-bond donors (Lipinski definition) is 2. The molecule has 1 aromatic heterocycles. The second kappa shape index (κ2) is 5.39. The molecule has 0 saturated carbocycles. The fraction of sp³-hybridized carbons (Fsp3) is 0.500. The van der Waals surface area contributed by atoms with Gasteiger partial charge in [0.15, 0.2) is 0 Å². The van der Waals surface area contributed by atoms with Gasteiger partial charge in [0.1, 0.15) is 0 Å². The van der Waals surface area contributed by atoms with Crippen molar-refractivity contribution in [1.82, 2.24) is 15.3 Å². The topological polar surface area (TPSA) is 40.7 Å². The van der Waals surface area contributed by atoms with Crippen LogP contribution < -0.4 is 5.32 Å². The van der Waals surface area contributed by atoms with Crippen LogP contribution >= 0.6 is 0 Å². The van der Waals surface area contributed by atoms with Gasteiger partial charge >= 0.3 is 0 Å². The van der Waals surface area contributed by atoms with E-state index in [1.807, 2.05) is 6.20 Å². The largest absolute Gasteiger partial charge is 0.347 e. The zero-order valence-corrected chi connectivity index (χ0v) is 7.88. The quantitative estimate of drug-likeness (QED) is 0.666. The number of aromatic amines is 1. The number of terminal acetylenes is 1. The van der Waals surface area contributed by atoms with Crippen molar-refractivity contribution in [3.63, 3.8) is 0 Å². The second-order valence-corrected chi connectivity index (χ2v) is 2.97. The van der Waals surface area contributed by atoms with Crippen molar-refractivity contribution in [2.45, 2.75) is 32.4 Å². The van der Waals surface area contributed by atoms with E-state index in [1.165, 1.54) is 0 Å². The first-order valence-electron chi connectivity index (χ1n) is 4.51. The number of rotatable bonds is 5. The van der Waals surface area contributed by atoms with E-state index in [1.54, 1.807) is 6.33 Å². The van der Waals surface area contributed by atoms with Crippen LogP contribution in [0.2, 0.25) is 0 Å². The van der Waals surface area contributed by atoms with E-state index in [0.717, 1.165) is 25.1 Å². The highest BCUT2D eigenvalue weighted by atomic mass is 15.0. The average Bonchev–Trinajstić information content (AvgIpc) is 2.64. The standard InChI is InChI=1S/C10H15N3/c1-3-5-9(4-2)12-7-10-6-11-8-13-10/h1,6,8-9,12H,4-5,7H2,2H3,(H,11,13). The monoisotopic (exact) mass is 177 g/mol. The van der Waals surface area contributed by atoms with Crippen LogP contribution in [-0.4, -0.2) is 16.0 Å². The van der Waals surface area contributed by atoms with Crippen LogP contribution in [0.25, 0.3) is 0 Å². The van der Waals surface area contributed by atoms with Gasteiger partial charge < -0.3 is 10.3 Å². The summed E-state index contributed by atoms with van der Waals surface area (Å²) in [6.45, 7) is 2.93. The second-order valence-electron chi connectivity index (χ2n) is 2.97. The molecule has 0 aliphatic carbocycles. The summed E-state index contributed by atoms with van der Waals surface area (Å²) in [6.07, 6.45) is 10.6. The minimum absolute atomic E-state index is 0.410. The van der Waals surface area contributed by atoms with Gasteiger partial charge in [0, 0.05) is 30.9 Å². The van der Waals surface area contributed by atoms with Crippen LogP contribution in [-0.2, 0) is 6.54 Å². The van der Waals surface area contributed by atoms with Crippen LogP contribution in [0.5, 0.6) is 0 Å². The van der Waals surface area contributed by atoms with Crippen LogP contribution in [0, 0.1) is 12.3 Å². The van der Waals surface area contributed by atoms with Crippen molar-refractivity contribution >= 4 is 0 Å². The summed E-state index contributed by atoms with van der Waals surface area (Å²) >= 11 is 0. The predicted molar refractivity (Wildman–Crippen MR) is 53.0 cm³/mol. The molecular formula is C10H15N3. The Morgan fingerprint density at radius 2 is 2.62 bits per heavy atom. The lowest BCUT2D eigenvalue weighted by Crippen LogP contribution is -2.27. The Bertz CT molecular complexity index is 258. The van der Waals surface area contributed by atoms with E-state index in [2.05, 4.69) is 28.1 Å². The maximum atomic E-state index is 5.24. The molecule has 0 aliphatic heterocycles. The smallest absolute Gasteiger partial charge is 0.0922 e. The summed E-state index contributed by atoms with van der Waals surface area (Å²) in [5, 5.41) is 3.36. The van der Waals surface area contributed by atoms with Crippen molar-refractivity contribution < 1.29 is 0 Å². The number of nitrogens with zero attached hydrogens (tertiary/aromatic N) is 1. The van der Waals surface area contributed by atoms with Gasteiger partial charge in [-0.25, -0.2) is 4.98 Å². The Kier molecular flexibility index (Phi) is 4.07. The lowest BCUT2D eigenvalue weighted by Gasteiger charge is -2.12. The van der Waals surface area contributed by atoms with E-state index in [-0.39, 0.29) is 0 Å². The zero-order valence-electron chi connectivity index (χ0n) is 7.88. The summed E-state index contributed by atoms with van der Waals surface area (Å²) in [5.41, 5.74) is 1.09. The van der Waals surface area contributed by atoms with Crippen molar-refractivity contribution in [2.75, 3.05) is 0 Å². The molecule has 3 nitrogen and oxygen atoms in total. The fourth-order valence-corrected chi connectivity index (χ4v) is 1.14. The summed E-state index contributed by atoms with van der Waals surface area (Å²) in [7, 11) is 0. The van der Waals surface area contributed by atoms with Gasteiger partial charge in [-0.15, -0.1) is 12.3 Å². The Morgan fingerprint density at radius 3 is 3.15 bits per heavy atom. The number of hydrogen-bond acceptors (Lipinski definition) is 2. The first kappa shape index (κ1) is 9.82. The van der Waals surface area contributed by atoms with Gasteiger partial charge in [-0.05, 0) is 6.42 Å². The first-order chi connectivity index (χ1) is 6.36. The highest BCUT2D eigenvalue weighted by Crippen LogP contribution is 1.98. The Morgan fingerprint density at radius 1 is 1.77 bits per heavy atom. The highest BCUT2D eigenvalue weighted by Gasteiger charge is 2.03. The normalized spacial score (nSPS) is 12.3. The molecular weight excluding hydrogens is 162 g/mol. The molecule has 1 unspecified atom stereocenters. The van der Waals surface area contributed by atoms with E-state index < -0.39 is 0 Å². The molecule has 3 heteroatoms. The van der Waals surface area contributed by atoms with Crippen LogP contribution in [0.3, 0.4) is 0 Å². The number of aromatic nitrogens is 2. The molecule has 13 heavy (non-hydrogen) atoms. The maximum absolute atomic E-state index is 5.24. The molecule has 0 amide bonds. The van der Waals surface area contributed by atoms with Crippen LogP contribution in [0.15, 0.2) is 12.5 Å². The van der Waals surface area contributed by atoms with Gasteiger partial charge in [-0.1, -0.05) is 6.92 Å². The summed E-state index contributed by atoms with van der Waals surface area (Å²) in [6, 6.07) is 0.410. The summed E-state index contributed by atoms with van der Waals surface area (Å²) in [4.78, 5) is 6.97. The molecule has 2 N–H and O–H groups in total. The Hall–Kier alpha value is -1.27. The first-order valence-corrected chi connectivity index (χ1v) is 4.51. The summed E-state index contributed by atoms with van der Waals surface area (Å²) < 4.78 is 0. The number of imidazole rings is 1. The van der Waals surface area contributed by atoms with Gasteiger partial charge in [-0.2, -0.15) is 0 Å². The molecule has 0 fully saturated rings. The molecule has 0 spiro atoms. The van der Waals surface area contributed by atoms with Gasteiger partial charge in [0.25, 0.3) is 0 Å². The molecule has 0 aromatic carbocycles. The maximum Gasteiger partial charge on any atom is 0.0922 e. The molecule has 1 rings (SSSR count). The molecule has 1 atom stereocenters. The van der Waals surface area contributed by atoms with Gasteiger partial charge in [0.2, 0.25) is 0 Å². The fourth-order valence-electron chi connectivity index (χ4n) is 1.14. The lowest BCUT2D eigenvalue weighted by molar-refractivity contribution is 0.503. The number of H-pyrrole nitrogens is 1. The SMILES string of the molecule is C#CCC(CC)NCc1cnc[nH]1. The van der Waals surface area contributed by atoms with Crippen molar-refractivity contribution in [3.8, 4) is 12.3 Å². The van der Waals surface area contributed by atoms with Crippen LogP contribution in [0.1, 0.15) is 25.5 Å². The van der Waals surface area contributed by atoms with E-state index in [4.69, 9.17) is 6.42 Å². The molecule has 0 saturated heterocycles. The Labute approximate surface area is 79.0 Å². The average molecular weight is 177 g/mol. The van der Waals surface area contributed by atoms with Crippen LogP contribution in [0.4, 0.5) is 0 Å². The molecule has 1 aromatic rings. The molecule has 0 bridgehead atoms. The minimum atomic E-state index is 0.410. The van der Waals surface area contributed by atoms with E-state index in [9.17, 15) is 0 Å². The summed E-state index contributed by atoms with van der Waals surface area (Å²) in [5.74, 6) is 2.66. The molecule has 1 heterocycles. The van der Waals surface area contributed by atoms with Crippen molar-refractivity contribution in [1.29, 1.82) is 0 Å². The van der Waals surface area contributed by atoms with Crippen molar-refractivity contribution in [3.05, 3.63) is 18.2 Å². The number of nitrogens with one attached hydrogen (secondary N) is 2. The van der Waals surface area contributed by atoms with E-state index in [0.29, 0.717) is 6.04 Å². The third kappa shape index (κ3) is 3.30. The third-order valence-corrected chi connectivity index (χ3v) is 1.99. The minimum Gasteiger partial charge on any atom is -0.347 e. The molecule has 70 valence electrons. The highest BCUT2D eigenvalue weighted by molar-refractivity contribution is 4.95. The third-order valence-electron chi connectivity index (χ3n) is 1.99.